The molecule has 0 unspecified atom stereocenters. The quantitative estimate of drug-likeness (QED) is 0.174. The molecule has 0 atom stereocenters. The van der Waals surface area contributed by atoms with Crippen molar-refractivity contribution in [3.05, 3.63) is 241 Å². The molecule has 0 N–H and O–H groups in total. The fourth-order valence-corrected chi connectivity index (χ4v) is 13.4. The second-order valence-electron chi connectivity index (χ2n) is 16.8. The molecule has 0 fully saturated rings. The van der Waals surface area contributed by atoms with Crippen LogP contribution in [-0.4, -0.2) is 4.57 Å². The van der Waals surface area contributed by atoms with E-state index in [4.69, 9.17) is 0 Å². The fourth-order valence-electron chi connectivity index (χ4n) is 11.1. The lowest BCUT2D eigenvalue weighted by atomic mass is 9.59. The predicted molar refractivity (Wildman–Crippen MR) is 267 cm³/mol. The minimum absolute atomic E-state index is 0.502. The lowest BCUT2D eigenvalue weighted by Gasteiger charge is -2.46. The van der Waals surface area contributed by atoms with Crippen LogP contribution in [0.3, 0.4) is 0 Å². The first-order valence-corrected chi connectivity index (χ1v) is 23.2. The van der Waals surface area contributed by atoms with Crippen molar-refractivity contribution in [2.24, 2.45) is 0 Å². The first-order chi connectivity index (χ1) is 31.3. The summed E-state index contributed by atoms with van der Waals surface area (Å²) in [4.78, 5) is 5.14. The molecule has 1 aliphatic carbocycles. The standard InChI is InChI=1S/C59H36N2S2/c1-2-15-37(16-3-1)61-51-25-10-5-18-41(51)45-35-38(29-32-53(45)61)60(39-30-34-55-46(36-39)42-19-6-11-26-54(42)62-55)52-33-31-43-40-17-4-7-21-47(40)59(50-24-14-20-44(52)58(43)50)48-22-8-12-27-56(48)63-57-28-13-9-23-49(57)59/h1-36H. The highest BCUT2D eigenvalue weighted by molar-refractivity contribution is 7.99. The second kappa shape index (κ2) is 13.3. The Morgan fingerprint density at radius 2 is 0.984 bits per heavy atom. The van der Waals surface area contributed by atoms with Crippen molar-refractivity contribution in [3.8, 4) is 16.8 Å². The zero-order valence-electron chi connectivity index (χ0n) is 34.0. The monoisotopic (exact) mass is 836 g/mol. The molecule has 2 nitrogen and oxygen atoms in total. The van der Waals surface area contributed by atoms with Gasteiger partial charge in [0.05, 0.1) is 22.1 Å². The van der Waals surface area contributed by atoms with Gasteiger partial charge in [0.25, 0.3) is 0 Å². The van der Waals surface area contributed by atoms with Crippen molar-refractivity contribution in [2.45, 2.75) is 15.2 Å². The number of para-hydroxylation sites is 2. The molecule has 63 heavy (non-hydrogen) atoms. The van der Waals surface area contributed by atoms with Crippen LogP contribution in [-0.2, 0) is 5.41 Å². The number of aromatic nitrogens is 1. The van der Waals surface area contributed by atoms with E-state index < -0.39 is 5.41 Å². The van der Waals surface area contributed by atoms with E-state index >= 15 is 0 Å². The molecule has 0 radical (unpaired) electrons. The van der Waals surface area contributed by atoms with Crippen molar-refractivity contribution in [1.29, 1.82) is 0 Å². The van der Waals surface area contributed by atoms with Gasteiger partial charge in [0, 0.05) is 63.2 Å². The Morgan fingerprint density at radius 1 is 0.381 bits per heavy atom. The molecule has 0 saturated heterocycles. The van der Waals surface area contributed by atoms with Crippen LogP contribution < -0.4 is 4.90 Å². The Bertz CT molecular complexity index is 3810. The Labute approximate surface area is 372 Å². The number of benzene rings is 10. The fraction of sp³-hybridized carbons (Fsp3) is 0.0169. The topological polar surface area (TPSA) is 8.17 Å². The van der Waals surface area contributed by atoms with Crippen LogP contribution >= 0.6 is 23.1 Å². The number of hydrogen-bond donors (Lipinski definition) is 0. The third-order valence-corrected chi connectivity index (χ3v) is 15.9. The third-order valence-electron chi connectivity index (χ3n) is 13.6. The molecule has 0 saturated carbocycles. The summed E-state index contributed by atoms with van der Waals surface area (Å²) in [7, 11) is 0. The summed E-state index contributed by atoms with van der Waals surface area (Å²) in [5.74, 6) is 0. The van der Waals surface area contributed by atoms with E-state index in [0.29, 0.717) is 0 Å². The van der Waals surface area contributed by atoms with E-state index in [-0.39, 0.29) is 0 Å². The van der Waals surface area contributed by atoms with Crippen molar-refractivity contribution in [3.63, 3.8) is 0 Å². The van der Waals surface area contributed by atoms with E-state index in [1.54, 1.807) is 0 Å². The molecule has 2 aromatic heterocycles. The summed E-state index contributed by atoms with van der Waals surface area (Å²) in [6.07, 6.45) is 0. The summed E-state index contributed by atoms with van der Waals surface area (Å²) in [6, 6.07) is 81.7. The first kappa shape index (κ1) is 35.2. The number of rotatable bonds is 4. The van der Waals surface area contributed by atoms with Crippen LogP contribution in [0.1, 0.15) is 22.3 Å². The summed E-state index contributed by atoms with van der Waals surface area (Å²) in [6.45, 7) is 0. The number of hydrogen-bond acceptors (Lipinski definition) is 3. The molecule has 12 aromatic rings. The van der Waals surface area contributed by atoms with Gasteiger partial charge in [-0.2, -0.15) is 0 Å². The number of thiophene rings is 1. The Hall–Kier alpha value is -7.37. The van der Waals surface area contributed by atoms with Gasteiger partial charge < -0.3 is 9.47 Å². The summed E-state index contributed by atoms with van der Waals surface area (Å²) >= 11 is 3.76. The van der Waals surface area contributed by atoms with Crippen molar-refractivity contribution in [2.75, 3.05) is 4.90 Å². The molecule has 10 aromatic carbocycles. The largest absolute Gasteiger partial charge is 0.310 e. The zero-order chi connectivity index (χ0) is 41.2. The highest BCUT2D eigenvalue weighted by atomic mass is 32.2. The highest BCUT2D eigenvalue weighted by Crippen LogP contribution is 2.62. The van der Waals surface area contributed by atoms with E-state index in [2.05, 4.69) is 228 Å². The maximum atomic E-state index is 2.52. The molecular formula is C59H36N2S2. The summed E-state index contributed by atoms with van der Waals surface area (Å²) < 4.78 is 5.01. The van der Waals surface area contributed by atoms with Crippen LogP contribution in [0.5, 0.6) is 0 Å². The summed E-state index contributed by atoms with van der Waals surface area (Å²) in [5.41, 5.74) is 14.4. The van der Waals surface area contributed by atoms with Gasteiger partial charge in [-0.05, 0) is 118 Å². The molecule has 3 heterocycles. The van der Waals surface area contributed by atoms with Crippen LogP contribution in [0.15, 0.2) is 228 Å². The van der Waals surface area contributed by atoms with E-state index in [9.17, 15) is 0 Å². The van der Waals surface area contributed by atoms with Gasteiger partial charge in [-0.25, -0.2) is 0 Å². The van der Waals surface area contributed by atoms with Crippen LogP contribution in [0, 0.1) is 0 Å². The van der Waals surface area contributed by atoms with Crippen LogP contribution in [0.4, 0.5) is 17.1 Å². The number of fused-ring (bicyclic) bond motifs is 14. The highest BCUT2D eigenvalue weighted by Gasteiger charge is 2.48. The normalized spacial score (nSPS) is 13.5. The van der Waals surface area contributed by atoms with Gasteiger partial charge in [-0.15, -0.1) is 11.3 Å². The molecule has 1 aliphatic heterocycles. The molecule has 2 aliphatic rings. The molecule has 4 heteroatoms. The van der Waals surface area contributed by atoms with Crippen LogP contribution in [0.25, 0.3) is 69.6 Å². The van der Waals surface area contributed by atoms with E-state index in [0.717, 1.165) is 22.7 Å². The van der Waals surface area contributed by atoms with Crippen LogP contribution in [0.2, 0.25) is 0 Å². The maximum Gasteiger partial charge on any atom is 0.0735 e. The van der Waals surface area contributed by atoms with Crippen molar-refractivity contribution < 1.29 is 0 Å². The second-order valence-corrected chi connectivity index (χ2v) is 18.9. The molecule has 0 amide bonds. The maximum absolute atomic E-state index is 2.52. The van der Waals surface area contributed by atoms with Gasteiger partial charge in [0.1, 0.15) is 0 Å². The smallest absolute Gasteiger partial charge is 0.0735 e. The summed E-state index contributed by atoms with van der Waals surface area (Å²) in [5, 5.41) is 7.57. The molecule has 294 valence electrons. The van der Waals surface area contributed by atoms with E-state index in [1.165, 1.54) is 95.9 Å². The van der Waals surface area contributed by atoms with Gasteiger partial charge >= 0.3 is 0 Å². The average Bonchev–Trinajstić information content (AvgIpc) is 3.89. The lowest BCUT2D eigenvalue weighted by molar-refractivity contribution is 0.707. The molecule has 14 rings (SSSR count). The minimum atomic E-state index is -0.502. The Morgan fingerprint density at radius 3 is 1.81 bits per heavy atom. The zero-order valence-corrected chi connectivity index (χ0v) is 35.6. The van der Waals surface area contributed by atoms with Gasteiger partial charge in [-0.1, -0.05) is 151 Å². The van der Waals surface area contributed by atoms with Gasteiger partial charge in [-0.3, -0.25) is 0 Å². The minimum Gasteiger partial charge on any atom is -0.310 e. The van der Waals surface area contributed by atoms with Gasteiger partial charge in [0.2, 0.25) is 0 Å². The number of anilines is 3. The lowest BCUT2D eigenvalue weighted by Crippen LogP contribution is -2.36. The third kappa shape index (κ3) is 4.85. The molecular weight excluding hydrogens is 801 g/mol. The predicted octanol–water partition coefficient (Wildman–Crippen LogP) is 16.6. The average molecular weight is 837 g/mol. The van der Waals surface area contributed by atoms with Crippen molar-refractivity contribution >= 4 is 92.9 Å². The molecule has 0 bridgehead atoms. The number of nitrogens with zero attached hydrogens (tertiary/aromatic N) is 2. The SMILES string of the molecule is c1ccc(-n2c3ccccc3c3cc(N(c4ccc5sc6ccccc6c5c4)c4ccc5c6c(cccc46)C4(c6ccccc6Sc6ccccc64)c4ccccc4-5)ccc32)cc1. The molecule has 1 spiro atoms. The Kier molecular flexibility index (Phi) is 7.45. The van der Waals surface area contributed by atoms with Crippen molar-refractivity contribution in [1.82, 2.24) is 4.57 Å². The van der Waals surface area contributed by atoms with Gasteiger partial charge in [0.15, 0.2) is 0 Å². The first-order valence-electron chi connectivity index (χ1n) is 21.6. The Balaban J connectivity index is 1.09. The van der Waals surface area contributed by atoms with E-state index in [1.807, 2.05) is 23.1 Å².